The molecule has 3 nitrogen and oxygen atoms in total. The summed E-state index contributed by atoms with van der Waals surface area (Å²) in [5.41, 5.74) is 0. The van der Waals surface area contributed by atoms with E-state index in [0.29, 0.717) is 12.5 Å². The summed E-state index contributed by atoms with van der Waals surface area (Å²) in [7, 11) is 0. The van der Waals surface area contributed by atoms with E-state index in [9.17, 15) is 4.79 Å². The Labute approximate surface area is 98.9 Å². The zero-order chi connectivity index (χ0) is 12.1. The first-order valence-corrected chi connectivity index (χ1v) is 6.49. The fourth-order valence-corrected chi connectivity index (χ4v) is 2.80. The summed E-state index contributed by atoms with van der Waals surface area (Å²) in [6, 6.07) is 0. The van der Waals surface area contributed by atoms with E-state index in [1.165, 1.54) is 6.42 Å². The van der Waals surface area contributed by atoms with E-state index in [1.54, 1.807) is 0 Å². The number of carbonyl (C=O) groups excluding carboxylic acids is 1. The number of rotatable bonds is 3. The lowest BCUT2D eigenvalue weighted by Crippen LogP contribution is -2.35. The first kappa shape index (κ1) is 13.3. The Morgan fingerprint density at radius 1 is 1.44 bits per heavy atom. The van der Waals surface area contributed by atoms with Crippen LogP contribution in [0.4, 0.5) is 4.79 Å². The highest BCUT2D eigenvalue weighted by molar-refractivity contribution is 5.67. The van der Waals surface area contributed by atoms with Crippen molar-refractivity contribution in [3.8, 4) is 0 Å². The van der Waals surface area contributed by atoms with Crippen molar-refractivity contribution in [2.45, 2.75) is 53.1 Å². The molecular weight excluding hydrogens is 202 g/mol. The summed E-state index contributed by atoms with van der Waals surface area (Å²) in [6.45, 7) is 9.38. The molecule has 1 amide bonds. The molecule has 1 aliphatic carbocycles. The second-order valence-electron chi connectivity index (χ2n) is 5.26. The van der Waals surface area contributed by atoms with Gasteiger partial charge in [0.05, 0.1) is 0 Å². The minimum absolute atomic E-state index is 0.122. The first-order chi connectivity index (χ1) is 7.54. The van der Waals surface area contributed by atoms with Gasteiger partial charge in [0.25, 0.3) is 0 Å². The molecule has 0 spiro atoms. The predicted molar refractivity (Wildman–Crippen MR) is 65.3 cm³/mol. The van der Waals surface area contributed by atoms with Crippen LogP contribution >= 0.6 is 0 Å². The summed E-state index contributed by atoms with van der Waals surface area (Å²) in [5, 5.41) is 2.68. The van der Waals surface area contributed by atoms with Gasteiger partial charge in [-0.25, -0.2) is 4.79 Å². The molecule has 3 heteroatoms. The molecule has 0 bridgehead atoms. The molecule has 0 aromatic carbocycles. The van der Waals surface area contributed by atoms with E-state index >= 15 is 0 Å². The van der Waals surface area contributed by atoms with Gasteiger partial charge in [-0.2, -0.15) is 0 Å². The van der Waals surface area contributed by atoms with Gasteiger partial charge < -0.3 is 10.1 Å². The Balaban J connectivity index is 2.36. The van der Waals surface area contributed by atoms with Crippen LogP contribution in [0.1, 0.15) is 47.0 Å². The van der Waals surface area contributed by atoms with E-state index < -0.39 is 0 Å². The zero-order valence-electron chi connectivity index (χ0n) is 11.0. The van der Waals surface area contributed by atoms with Crippen molar-refractivity contribution in [3.63, 3.8) is 0 Å². The number of carbonyl (C=O) groups is 1. The Bertz CT molecular complexity index is 228. The van der Waals surface area contributed by atoms with Crippen LogP contribution < -0.4 is 5.32 Å². The van der Waals surface area contributed by atoms with Crippen LogP contribution in [0.5, 0.6) is 0 Å². The maximum atomic E-state index is 11.3. The van der Waals surface area contributed by atoms with Crippen LogP contribution in [0.3, 0.4) is 0 Å². The van der Waals surface area contributed by atoms with Gasteiger partial charge in [0, 0.05) is 6.54 Å². The molecule has 3 unspecified atom stereocenters. The lowest BCUT2D eigenvalue weighted by Gasteiger charge is -2.36. The molecule has 0 aromatic heterocycles. The largest absolute Gasteiger partial charge is 0.446 e. The quantitative estimate of drug-likeness (QED) is 0.804. The SMILES string of the molecule is CCNC(=O)OC1CCC(C(C)C)C(C)C1. The maximum absolute atomic E-state index is 11.3. The average Bonchev–Trinajstić information content (AvgIpc) is 2.17. The van der Waals surface area contributed by atoms with E-state index in [0.717, 1.165) is 24.7 Å². The van der Waals surface area contributed by atoms with Gasteiger partial charge in [0.15, 0.2) is 0 Å². The third-order valence-corrected chi connectivity index (χ3v) is 3.64. The van der Waals surface area contributed by atoms with Crippen molar-refractivity contribution in [2.75, 3.05) is 6.54 Å². The number of alkyl carbamates (subject to hydrolysis) is 1. The van der Waals surface area contributed by atoms with Crippen LogP contribution in [0.25, 0.3) is 0 Å². The normalized spacial score (nSPS) is 30.2. The molecule has 0 aliphatic heterocycles. The topological polar surface area (TPSA) is 38.3 Å². The summed E-state index contributed by atoms with van der Waals surface area (Å²) in [5.74, 6) is 2.18. The molecule has 16 heavy (non-hydrogen) atoms. The molecule has 0 radical (unpaired) electrons. The number of amides is 1. The van der Waals surface area contributed by atoms with Crippen LogP contribution in [-0.4, -0.2) is 18.7 Å². The van der Waals surface area contributed by atoms with Crippen molar-refractivity contribution in [1.82, 2.24) is 5.32 Å². The van der Waals surface area contributed by atoms with Gasteiger partial charge in [0.2, 0.25) is 0 Å². The number of hydrogen-bond acceptors (Lipinski definition) is 2. The molecule has 1 fully saturated rings. The highest BCUT2D eigenvalue weighted by Gasteiger charge is 2.31. The number of ether oxygens (including phenoxy) is 1. The summed E-state index contributed by atoms with van der Waals surface area (Å²) in [6.07, 6.45) is 3.08. The minimum atomic E-state index is -0.261. The first-order valence-electron chi connectivity index (χ1n) is 6.49. The number of nitrogens with one attached hydrogen (secondary N) is 1. The second kappa shape index (κ2) is 6.12. The molecule has 0 aromatic rings. The Morgan fingerprint density at radius 3 is 2.62 bits per heavy atom. The third kappa shape index (κ3) is 3.69. The van der Waals surface area contributed by atoms with E-state index in [4.69, 9.17) is 4.74 Å². The minimum Gasteiger partial charge on any atom is -0.446 e. The average molecular weight is 227 g/mol. The lowest BCUT2D eigenvalue weighted by molar-refractivity contribution is 0.0349. The fourth-order valence-electron chi connectivity index (χ4n) is 2.80. The van der Waals surface area contributed by atoms with E-state index in [1.807, 2.05) is 6.92 Å². The molecule has 1 rings (SSSR count). The van der Waals surface area contributed by atoms with Crippen molar-refractivity contribution >= 4 is 6.09 Å². The molecular formula is C13H25NO2. The molecule has 1 N–H and O–H groups in total. The second-order valence-corrected chi connectivity index (χ2v) is 5.26. The lowest BCUT2D eigenvalue weighted by atomic mass is 9.73. The van der Waals surface area contributed by atoms with Crippen molar-refractivity contribution in [1.29, 1.82) is 0 Å². The van der Waals surface area contributed by atoms with Crippen LogP contribution in [-0.2, 0) is 4.74 Å². The van der Waals surface area contributed by atoms with Crippen molar-refractivity contribution in [3.05, 3.63) is 0 Å². The van der Waals surface area contributed by atoms with E-state index in [-0.39, 0.29) is 12.2 Å². The Morgan fingerprint density at radius 2 is 2.12 bits per heavy atom. The van der Waals surface area contributed by atoms with E-state index in [2.05, 4.69) is 26.1 Å². The van der Waals surface area contributed by atoms with Gasteiger partial charge in [0.1, 0.15) is 6.10 Å². The van der Waals surface area contributed by atoms with Crippen molar-refractivity contribution < 1.29 is 9.53 Å². The predicted octanol–water partition coefficient (Wildman–Crippen LogP) is 3.19. The molecule has 0 heterocycles. The zero-order valence-corrected chi connectivity index (χ0v) is 11.0. The molecule has 3 atom stereocenters. The van der Waals surface area contributed by atoms with Crippen LogP contribution in [0.2, 0.25) is 0 Å². The van der Waals surface area contributed by atoms with Crippen LogP contribution in [0, 0.1) is 17.8 Å². The maximum Gasteiger partial charge on any atom is 0.407 e. The molecule has 94 valence electrons. The van der Waals surface area contributed by atoms with Gasteiger partial charge >= 0.3 is 6.09 Å². The summed E-state index contributed by atoms with van der Waals surface area (Å²) >= 11 is 0. The fraction of sp³-hybridized carbons (Fsp3) is 0.923. The highest BCUT2D eigenvalue weighted by Crippen LogP contribution is 2.35. The molecule has 1 saturated carbocycles. The third-order valence-electron chi connectivity index (χ3n) is 3.64. The monoisotopic (exact) mass is 227 g/mol. The molecule has 1 aliphatic rings. The van der Waals surface area contributed by atoms with Crippen LogP contribution in [0.15, 0.2) is 0 Å². The molecule has 0 saturated heterocycles. The van der Waals surface area contributed by atoms with Gasteiger partial charge in [-0.1, -0.05) is 20.8 Å². The standard InChI is InChI=1S/C13H25NO2/c1-5-14-13(15)16-11-6-7-12(9(2)3)10(4)8-11/h9-12H,5-8H2,1-4H3,(H,14,15). The van der Waals surface area contributed by atoms with Crippen molar-refractivity contribution in [2.24, 2.45) is 17.8 Å². The Hall–Kier alpha value is -0.730. The van der Waals surface area contributed by atoms with Gasteiger partial charge in [-0.3, -0.25) is 0 Å². The summed E-state index contributed by atoms with van der Waals surface area (Å²) in [4.78, 5) is 11.3. The number of hydrogen-bond donors (Lipinski definition) is 1. The van der Waals surface area contributed by atoms with Gasteiger partial charge in [-0.15, -0.1) is 0 Å². The smallest absolute Gasteiger partial charge is 0.407 e. The Kier molecular flexibility index (Phi) is 5.10. The summed E-state index contributed by atoms with van der Waals surface area (Å²) < 4.78 is 5.38. The van der Waals surface area contributed by atoms with Gasteiger partial charge in [-0.05, 0) is 43.9 Å². The highest BCUT2D eigenvalue weighted by atomic mass is 16.6.